The van der Waals surface area contributed by atoms with Gasteiger partial charge in [0.2, 0.25) is 0 Å². The van der Waals surface area contributed by atoms with Crippen LogP contribution < -0.4 is 22.5 Å². The molecule has 4 aromatic heterocycles. The first kappa shape index (κ1) is 45.9. The SMILES string of the molecule is CCOC(=O)c1ccc(CNC(=O)c2cccc3c2cnn3-c2ccc(F)cc2)cn1.CO.N.NC(=O)c1ccc(CNC(=O)c2cccc3c2cnn3-c2ccc(F)cc2)cn1. The minimum Gasteiger partial charge on any atom is -0.461 e. The highest BCUT2D eigenvalue weighted by Crippen LogP contribution is 2.24. The molecular formula is C45H42F2N10O6. The zero-order chi connectivity index (χ0) is 44.2. The molecular weight excluding hydrogens is 815 g/mol. The molecule has 4 aromatic carbocycles. The smallest absolute Gasteiger partial charge is 0.356 e. The Morgan fingerprint density at radius 1 is 0.619 bits per heavy atom. The maximum atomic E-state index is 13.2. The van der Waals surface area contributed by atoms with Crippen molar-refractivity contribution < 1.29 is 37.8 Å². The molecule has 0 radical (unpaired) electrons. The molecule has 0 bridgehead atoms. The van der Waals surface area contributed by atoms with E-state index in [1.165, 1.54) is 42.7 Å². The molecule has 0 atom stereocenters. The number of amides is 3. The zero-order valence-corrected chi connectivity index (χ0v) is 34.0. The van der Waals surface area contributed by atoms with Gasteiger partial charge in [-0.3, -0.25) is 19.4 Å². The molecule has 0 aliphatic carbocycles. The number of primary amides is 1. The van der Waals surface area contributed by atoms with Gasteiger partial charge in [-0.2, -0.15) is 10.2 Å². The number of ether oxygens (including phenoxy) is 1. The average molecular weight is 857 g/mol. The van der Waals surface area contributed by atoms with Crippen molar-refractivity contribution in [1.29, 1.82) is 0 Å². The van der Waals surface area contributed by atoms with Crippen molar-refractivity contribution in [2.24, 2.45) is 5.73 Å². The van der Waals surface area contributed by atoms with E-state index in [-0.39, 0.29) is 60.7 Å². The topological polar surface area (TPSA) is 244 Å². The summed E-state index contributed by atoms with van der Waals surface area (Å²) in [7, 11) is 1.00. The van der Waals surface area contributed by atoms with Crippen LogP contribution >= 0.6 is 0 Å². The third-order valence-corrected chi connectivity index (χ3v) is 9.15. The van der Waals surface area contributed by atoms with Crippen LogP contribution in [0.1, 0.15) is 59.7 Å². The summed E-state index contributed by atoms with van der Waals surface area (Å²) in [6.45, 7) is 2.50. The fourth-order valence-corrected chi connectivity index (χ4v) is 6.16. The van der Waals surface area contributed by atoms with Gasteiger partial charge in [0.25, 0.3) is 17.7 Å². The predicted octanol–water partition coefficient (Wildman–Crippen LogP) is 6.03. The summed E-state index contributed by atoms with van der Waals surface area (Å²) >= 11 is 0. The van der Waals surface area contributed by atoms with E-state index in [2.05, 4.69) is 30.8 Å². The highest BCUT2D eigenvalue weighted by Gasteiger charge is 2.16. The first-order valence-corrected chi connectivity index (χ1v) is 18.9. The van der Waals surface area contributed by atoms with Gasteiger partial charge in [-0.15, -0.1) is 0 Å². The summed E-state index contributed by atoms with van der Waals surface area (Å²) in [5, 5.41) is 22.7. The number of hydrogen-bond donors (Lipinski definition) is 5. The van der Waals surface area contributed by atoms with Gasteiger partial charge in [0.15, 0.2) is 0 Å². The van der Waals surface area contributed by atoms with Crippen LogP contribution in [0.2, 0.25) is 0 Å². The summed E-state index contributed by atoms with van der Waals surface area (Å²) in [4.78, 5) is 56.3. The number of nitrogens with zero attached hydrogens (tertiary/aromatic N) is 6. The van der Waals surface area contributed by atoms with Crippen LogP contribution in [-0.2, 0) is 17.8 Å². The van der Waals surface area contributed by atoms with Crippen molar-refractivity contribution in [3.05, 3.63) is 179 Å². The molecule has 4 heterocycles. The number of carbonyl (C=O) groups excluding carboxylic acids is 4. The molecule has 18 heteroatoms. The lowest BCUT2D eigenvalue weighted by Crippen LogP contribution is -2.23. The van der Waals surface area contributed by atoms with E-state index in [0.29, 0.717) is 33.3 Å². The summed E-state index contributed by atoms with van der Waals surface area (Å²) in [5.41, 5.74) is 10.8. The van der Waals surface area contributed by atoms with Crippen LogP contribution in [0, 0.1) is 11.6 Å². The number of halogens is 2. The molecule has 3 amide bonds. The molecule has 0 aliphatic heterocycles. The van der Waals surface area contributed by atoms with Crippen LogP contribution in [-0.4, -0.2) is 72.0 Å². The fourth-order valence-electron chi connectivity index (χ4n) is 6.16. The fraction of sp³-hybridized carbons (Fsp3) is 0.111. The number of nitrogens with two attached hydrogens (primary N) is 1. The number of nitrogens with one attached hydrogen (secondary N) is 2. The summed E-state index contributed by atoms with van der Waals surface area (Å²) < 4.78 is 34.6. The van der Waals surface area contributed by atoms with E-state index < -0.39 is 11.9 Å². The number of carbonyl (C=O) groups is 4. The quantitative estimate of drug-likeness (QED) is 0.0941. The van der Waals surface area contributed by atoms with Crippen molar-refractivity contribution in [1.82, 2.24) is 46.3 Å². The van der Waals surface area contributed by atoms with Crippen LogP contribution in [0.25, 0.3) is 33.2 Å². The van der Waals surface area contributed by atoms with Crippen molar-refractivity contribution in [3.8, 4) is 11.4 Å². The van der Waals surface area contributed by atoms with Gasteiger partial charge in [-0.05, 0) is 103 Å². The summed E-state index contributed by atoms with van der Waals surface area (Å²) in [6, 6.07) is 29.1. The Morgan fingerprint density at radius 3 is 1.43 bits per heavy atom. The highest BCUT2D eigenvalue weighted by molar-refractivity contribution is 6.07. The second-order valence-corrected chi connectivity index (χ2v) is 13.1. The zero-order valence-electron chi connectivity index (χ0n) is 34.0. The van der Waals surface area contributed by atoms with Gasteiger partial charge in [0.1, 0.15) is 23.0 Å². The third kappa shape index (κ3) is 10.9. The molecule has 0 unspecified atom stereocenters. The summed E-state index contributed by atoms with van der Waals surface area (Å²) in [5.74, 6) is -2.28. The number of hydrogen-bond acceptors (Lipinski definition) is 11. The van der Waals surface area contributed by atoms with E-state index in [1.54, 1.807) is 95.4 Å². The third-order valence-electron chi connectivity index (χ3n) is 9.15. The Morgan fingerprint density at radius 2 is 1.05 bits per heavy atom. The normalized spacial score (nSPS) is 10.4. The molecule has 8 N–H and O–H groups in total. The standard InChI is InChI=1S/C23H19FN4O3.C21H16FN5O2.CH4O.H3N/c1-2-31-23(30)20-11-6-15(12-25-20)13-26-22(29)18-4-3-5-21-19(18)14-27-28(21)17-9-7-16(24)8-10-17;22-14-5-7-15(8-6-14)27-19-3-1-2-16(17(19)12-26-27)21(29)25-11-13-4-9-18(20(23)28)24-10-13;1-2;/h3-12,14H,2,13H2,1H3,(H,26,29);1-10,12H,11H2,(H2,23,28)(H,25,29);2H,1H3;1H3. The first-order valence-electron chi connectivity index (χ1n) is 18.9. The minimum absolute atomic E-state index is 0. The van der Waals surface area contributed by atoms with Crippen LogP contribution in [0.3, 0.4) is 0 Å². The van der Waals surface area contributed by atoms with E-state index >= 15 is 0 Å². The Labute approximate surface area is 358 Å². The van der Waals surface area contributed by atoms with Gasteiger partial charge in [-0.25, -0.2) is 27.9 Å². The Balaban J connectivity index is 0.000000226. The van der Waals surface area contributed by atoms with Crippen LogP contribution in [0.15, 0.2) is 134 Å². The molecule has 63 heavy (non-hydrogen) atoms. The molecule has 0 saturated carbocycles. The van der Waals surface area contributed by atoms with Gasteiger partial charge >= 0.3 is 5.97 Å². The van der Waals surface area contributed by atoms with Gasteiger partial charge in [-0.1, -0.05) is 24.3 Å². The van der Waals surface area contributed by atoms with E-state index in [9.17, 15) is 28.0 Å². The number of fused-ring (bicyclic) bond motifs is 2. The minimum atomic E-state index is -0.606. The Kier molecular flexibility index (Phi) is 15.5. The lowest BCUT2D eigenvalue weighted by molar-refractivity contribution is 0.0519. The van der Waals surface area contributed by atoms with E-state index in [0.717, 1.165) is 29.3 Å². The number of aromatic nitrogens is 6. The monoisotopic (exact) mass is 856 g/mol. The van der Waals surface area contributed by atoms with Crippen molar-refractivity contribution in [2.75, 3.05) is 13.7 Å². The van der Waals surface area contributed by atoms with Crippen molar-refractivity contribution in [3.63, 3.8) is 0 Å². The number of pyridine rings is 2. The number of aliphatic hydroxyl groups excluding tert-OH is 1. The first-order chi connectivity index (χ1) is 30.1. The van der Waals surface area contributed by atoms with E-state index in [4.69, 9.17) is 15.6 Å². The molecule has 0 spiro atoms. The maximum absolute atomic E-state index is 13.2. The van der Waals surface area contributed by atoms with Crippen LogP contribution in [0.5, 0.6) is 0 Å². The molecule has 0 aliphatic rings. The van der Waals surface area contributed by atoms with Crippen molar-refractivity contribution >= 4 is 45.5 Å². The Hall–Kier alpha value is -8.22. The van der Waals surface area contributed by atoms with Gasteiger partial charge in [0.05, 0.1) is 52.5 Å². The molecule has 8 rings (SSSR count). The summed E-state index contributed by atoms with van der Waals surface area (Å²) in [6.07, 6.45) is 6.24. The molecule has 16 nitrogen and oxygen atoms in total. The highest BCUT2D eigenvalue weighted by atomic mass is 19.1. The van der Waals surface area contributed by atoms with Crippen LogP contribution in [0.4, 0.5) is 8.78 Å². The van der Waals surface area contributed by atoms with Gasteiger partial charge in [0, 0.05) is 43.4 Å². The van der Waals surface area contributed by atoms with E-state index in [1.807, 2.05) is 12.1 Å². The number of rotatable bonds is 11. The lowest BCUT2D eigenvalue weighted by atomic mass is 10.1. The second kappa shape index (κ2) is 21.3. The molecule has 8 aromatic rings. The molecule has 0 fully saturated rings. The number of aliphatic hydroxyl groups is 1. The second-order valence-electron chi connectivity index (χ2n) is 13.1. The average Bonchev–Trinajstić information content (AvgIpc) is 3.95. The number of benzene rings is 4. The molecule has 322 valence electrons. The predicted molar refractivity (Wildman–Crippen MR) is 231 cm³/mol. The Bertz CT molecular complexity index is 2830. The number of esters is 1. The van der Waals surface area contributed by atoms with Crippen molar-refractivity contribution in [2.45, 2.75) is 20.0 Å². The van der Waals surface area contributed by atoms with Gasteiger partial charge < -0.3 is 32.4 Å². The molecule has 0 saturated heterocycles. The maximum Gasteiger partial charge on any atom is 0.356 e. The largest absolute Gasteiger partial charge is 0.461 e. The lowest BCUT2D eigenvalue weighted by Gasteiger charge is -2.08.